The number of pyridine rings is 1. The van der Waals surface area contributed by atoms with Crippen LogP contribution in [0, 0.1) is 6.92 Å². The second-order valence-corrected chi connectivity index (χ2v) is 10.1. The van der Waals surface area contributed by atoms with Crippen LogP contribution >= 0.6 is 15.9 Å². The average Bonchev–Trinajstić information content (AvgIpc) is 3.49. The van der Waals surface area contributed by atoms with Gasteiger partial charge in [0.05, 0.1) is 24.5 Å². The summed E-state index contributed by atoms with van der Waals surface area (Å²) in [4.78, 5) is 52.8. The normalized spacial score (nSPS) is 17.1. The van der Waals surface area contributed by atoms with E-state index in [1.54, 1.807) is 55.7 Å². The zero-order valence-electron chi connectivity index (χ0n) is 20.9. The Bertz CT molecular complexity index is 1570. The fourth-order valence-corrected chi connectivity index (χ4v) is 5.11. The number of nitrogens with zero attached hydrogens (tertiary/aromatic N) is 6. The zero-order chi connectivity index (χ0) is 27.7. The van der Waals surface area contributed by atoms with Crippen molar-refractivity contribution in [3.05, 3.63) is 70.6 Å². The van der Waals surface area contributed by atoms with Crippen LogP contribution in [0.2, 0.25) is 0 Å². The van der Waals surface area contributed by atoms with Crippen molar-refractivity contribution in [1.29, 1.82) is 0 Å². The number of amides is 1. The highest BCUT2D eigenvalue weighted by Crippen LogP contribution is 2.28. The molecule has 10 nitrogen and oxygen atoms in total. The molecule has 200 valence electrons. The summed E-state index contributed by atoms with van der Waals surface area (Å²) in [5.41, 5.74) is 2.46. The van der Waals surface area contributed by atoms with Gasteiger partial charge >= 0.3 is 0 Å². The lowest BCUT2D eigenvalue weighted by atomic mass is 10.0. The highest BCUT2D eigenvalue weighted by Gasteiger charge is 2.39. The van der Waals surface area contributed by atoms with Crippen LogP contribution in [0.3, 0.4) is 0 Å². The Morgan fingerprint density at radius 1 is 1.13 bits per heavy atom. The number of halogens is 2. The molecule has 0 spiro atoms. The van der Waals surface area contributed by atoms with Gasteiger partial charge in [0.15, 0.2) is 5.78 Å². The number of alkyl halides is 1. The van der Waals surface area contributed by atoms with Gasteiger partial charge in [-0.15, -0.1) is 0 Å². The van der Waals surface area contributed by atoms with Crippen molar-refractivity contribution in [3.8, 4) is 11.1 Å². The Morgan fingerprint density at radius 2 is 1.90 bits per heavy atom. The summed E-state index contributed by atoms with van der Waals surface area (Å²) in [7, 11) is 0. The number of aromatic nitrogens is 5. The lowest BCUT2D eigenvalue weighted by molar-refractivity contribution is -0.138. The topological polar surface area (TPSA) is 131 Å². The molecular formula is C27H24BrFN6O4. The number of benzene rings is 1. The van der Waals surface area contributed by atoms with E-state index >= 15 is 0 Å². The number of likely N-dealkylation sites (tertiary alicyclic amines) is 1. The highest BCUT2D eigenvalue weighted by molar-refractivity contribution is 9.10. The van der Waals surface area contributed by atoms with Crippen molar-refractivity contribution < 1.29 is 23.9 Å². The van der Waals surface area contributed by atoms with Gasteiger partial charge in [-0.3, -0.25) is 19.1 Å². The molecule has 3 aromatic heterocycles. The van der Waals surface area contributed by atoms with Gasteiger partial charge in [-0.25, -0.2) is 19.3 Å². The van der Waals surface area contributed by atoms with Gasteiger partial charge in [0.25, 0.3) is 0 Å². The summed E-state index contributed by atoms with van der Waals surface area (Å²) in [6.45, 7) is 0.495. The van der Waals surface area contributed by atoms with Gasteiger partial charge in [0.2, 0.25) is 11.7 Å². The van der Waals surface area contributed by atoms with Crippen LogP contribution in [0.25, 0.3) is 22.0 Å². The number of Topliss-reactive ketones (excluding diaryl/α,β-unsaturated/α-hetero) is 2. The monoisotopic (exact) mass is 594 g/mol. The number of rotatable bonds is 8. The third kappa shape index (κ3) is 5.62. The molecule has 0 bridgehead atoms. The maximum absolute atomic E-state index is 14.5. The Labute approximate surface area is 231 Å². The van der Waals surface area contributed by atoms with Crippen molar-refractivity contribution in [1.82, 2.24) is 29.6 Å². The van der Waals surface area contributed by atoms with E-state index in [4.69, 9.17) is 0 Å². The standard InChI is InChI=1S/C27H24BrFN6O4/c1-15-30-10-17(11-31-15)16-5-6-21-20(7-16)27(24(38)14-36)33-35(21)13-26(39)34-12-18(29)8-22(34)23(37)9-19-3-2-4-25(28)32-19/h2-7,10-11,18,22,36H,8-9,12-14H2,1H3/t18-,22+/m1/s1. The maximum Gasteiger partial charge on any atom is 0.245 e. The summed E-state index contributed by atoms with van der Waals surface area (Å²) in [5.74, 6) is -0.799. The summed E-state index contributed by atoms with van der Waals surface area (Å²) in [6.07, 6.45) is 1.86. The number of hydrogen-bond acceptors (Lipinski definition) is 8. The average molecular weight is 595 g/mol. The van der Waals surface area contributed by atoms with Crippen molar-refractivity contribution in [2.75, 3.05) is 13.2 Å². The van der Waals surface area contributed by atoms with Crippen LogP contribution < -0.4 is 0 Å². The molecule has 5 rings (SSSR count). The molecule has 1 saturated heterocycles. The van der Waals surface area contributed by atoms with Crippen LogP contribution in [-0.2, 0) is 22.6 Å². The van der Waals surface area contributed by atoms with Crippen LogP contribution in [0.15, 0.2) is 53.4 Å². The van der Waals surface area contributed by atoms with Gasteiger partial charge in [-0.2, -0.15) is 5.10 Å². The van der Waals surface area contributed by atoms with E-state index in [9.17, 15) is 23.9 Å². The van der Waals surface area contributed by atoms with E-state index in [-0.39, 0.29) is 37.4 Å². The number of fused-ring (bicyclic) bond motifs is 1. The fourth-order valence-electron chi connectivity index (χ4n) is 4.73. The first-order valence-corrected chi connectivity index (χ1v) is 13.0. The largest absolute Gasteiger partial charge is 0.388 e. The molecule has 2 atom stereocenters. The second kappa shape index (κ2) is 11.1. The van der Waals surface area contributed by atoms with Crippen LogP contribution in [0.5, 0.6) is 0 Å². The predicted octanol–water partition coefficient (Wildman–Crippen LogP) is 2.89. The van der Waals surface area contributed by atoms with Crippen molar-refractivity contribution in [3.63, 3.8) is 0 Å². The predicted molar refractivity (Wildman–Crippen MR) is 143 cm³/mol. The summed E-state index contributed by atoms with van der Waals surface area (Å²) < 4.78 is 16.4. The van der Waals surface area contributed by atoms with Gasteiger partial charge in [-0.1, -0.05) is 12.1 Å². The van der Waals surface area contributed by atoms with Crippen LogP contribution in [0.1, 0.15) is 28.4 Å². The Morgan fingerprint density at radius 3 is 2.62 bits per heavy atom. The molecule has 1 aliphatic heterocycles. The van der Waals surface area contributed by atoms with Crippen LogP contribution in [0.4, 0.5) is 4.39 Å². The minimum Gasteiger partial charge on any atom is -0.388 e. The molecule has 0 aliphatic carbocycles. The van der Waals surface area contributed by atoms with E-state index in [0.717, 1.165) is 11.1 Å². The number of ketones is 2. The summed E-state index contributed by atoms with van der Waals surface area (Å²) >= 11 is 3.27. The van der Waals surface area contributed by atoms with E-state index in [2.05, 4.69) is 36.0 Å². The fraction of sp³-hybridized carbons (Fsp3) is 0.296. The Kier molecular flexibility index (Phi) is 7.58. The van der Waals surface area contributed by atoms with Crippen LogP contribution in [-0.4, -0.2) is 77.6 Å². The van der Waals surface area contributed by atoms with Gasteiger partial charge < -0.3 is 10.0 Å². The molecule has 1 aromatic carbocycles. The SMILES string of the molecule is Cc1ncc(-c2ccc3c(c2)c(C(=O)CO)nn3CC(=O)N2C[C@H](F)C[C@H]2C(=O)Cc2cccc(Br)n2)cn1. The number of aryl methyl sites for hydroxylation is 1. The number of aliphatic hydroxyl groups excluding tert-OH is 1. The molecule has 12 heteroatoms. The first-order valence-electron chi connectivity index (χ1n) is 12.2. The number of carbonyl (C=O) groups is 3. The third-order valence-electron chi connectivity index (χ3n) is 6.63. The molecule has 0 saturated carbocycles. The molecule has 1 aliphatic rings. The summed E-state index contributed by atoms with van der Waals surface area (Å²) in [6, 6.07) is 9.48. The van der Waals surface area contributed by atoms with Crippen molar-refractivity contribution in [2.45, 2.75) is 38.5 Å². The molecule has 1 N–H and O–H groups in total. The van der Waals surface area contributed by atoms with Crippen molar-refractivity contribution in [2.24, 2.45) is 0 Å². The molecule has 4 aromatic rings. The molecule has 39 heavy (non-hydrogen) atoms. The first-order chi connectivity index (χ1) is 18.7. The molecule has 4 heterocycles. The number of carbonyl (C=O) groups excluding carboxylic acids is 3. The Hall–Kier alpha value is -3.90. The molecule has 1 amide bonds. The molecule has 0 radical (unpaired) electrons. The second-order valence-electron chi connectivity index (χ2n) is 9.33. The lowest BCUT2D eigenvalue weighted by Gasteiger charge is -2.23. The van der Waals surface area contributed by atoms with E-state index in [1.165, 1.54) is 9.58 Å². The molecule has 1 fully saturated rings. The van der Waals surface area contributed by atoms with Crippen molar-refractivity contribution >= 4 is 44.3 Å². The molecular weight excluding hydrogens is 571 g/mol. The molecule has 0 unspecified atom stereocenters. The minimum atomic E-state index is -1.33. The lowest BCUT2D eigenvalue weighted by Crippen LogP contribution is -2.43. The van der Waals surface area contributed by atoms with E-state index < -0.39 is 30.5 Å². The maximum atomic E-state index is 14.5. The van der Waals surface area contributed by atoms with Gasteiger partial charge in [-0.05, 0) is 52.7 Å². The van der Waals surface area contributed by atoms with Gasteiger partial charge in [0.1, 0.15) is 35.4 Å². The van der Waals surface area contributed by atoms with E-state index in [0.29, 0.717) is 27.0 Å². The Balaban J connectivity index is 1.42. The zero-order valence-corrected chi connectivity index (χ0v) is 22.5. The third-order valence-corrected chi connectivity index (χ3v) is 7.07. The first kappa shape index (κ1) is 26.7. The number of hydrogen-bond donors (Lipinski definition) is 1. The highest BCUT2D eigenvalue weighted by atomic mass is 79.9. The summed E-state index contributed by atoms with van der Waals surface area (Å²) in [5, 5.41) is 14.3. The van der Waals surface area contributed by atoms with Gasteiger partial charge in [0, 0.05) is 35.5 Å². The minimum absolute atomic E-state index is 0.00771. The van der Waals surface area contributed by atoms with E-state index in [1.807, 2.05) is 0 Å². The smallest absolute Gasteiger partial charge is 0.245 e. The quantitative estimate of drug-likeness (QED) is 0.243. The number of aliphatic hydroxyl groups is 1.